The Morgan fingerprint density at radius 1 is 1.29 bits per heavy atom. The van der Waals surface area contributed by atoms with E-state index in [1.165, 1.54) is 0 Å². The predicted molar refractivity (Wildman–Crippen MR) is 78.3 cm³/mol. The molecule has 0 aliphatic heterocycles. The Kier molecular flexibility index (Phi) is 4.47. The highest BCUT2D eigenvalue weighted by Gasteiger charge is 2.18. The van der Waals surface area contributed by atoms with E-state index in [9.17, 15) is 8.78 Å². The minimum Gasteiger partial charge on any atom is -0.384 e. The fraction of sp³-hybridized carbons (Fsp3) is 0.200. The molecule has 21 heavy (non-hydrogen) atoms. The quantitative estimate of drug-likeness (QED) is 0.657. The predicted octanol–water partition coefficient (Wildman–Crippen LogP) is 2.67. The van der Waals surface area contributed by atoms with E-state index in [-0.39, 0.29) is 17.1 Å². The van der Waals surface area contributed by atoms with Crippen LogP contribution < -0.4 is 10.6 Å². The van der Waals surface area contributed by atoms with Crippen molar-refractivity contribution < 1.29 is 8.78 Å². The van der Waals surface area contributed by atoms with Gasteiger partial charge in [0.25, 0.3) is 0 Å². The fourth-order valence-electron chi connectivity index (χ4n) is 2.06. The van der Waals surface area contributed by atoms with Gasteiger partial charge in [-0.3, -0.25) is 10.4 Å². The lowest BCUT2D eigenvalue weighted by Crippen LogP contribution is -2.25. The van der Waals surface area contributed by atoms with E-state index in [1.54, 1.807) is 30.2 Å². The summed E-state index contributed by atoms with van der Waals surface area (Å²) in [7, 11) is 0. The first-order chi connectivity index (χ1) is 10.0. The number of pyridine rings is 1. The van der Waals surface area contributed by atoms with Gasteiger partial charge in [0, 0.05) is 18.3 Å². The van der Waals surface area contributed by atoms with Crippen molar-refractivity contribution in [3.05, 3.63) is 59.4 Å². The average molecular weight is 290 g/mol. The second-order valence-corrected chi connectivity index (χ2v) is 4.54. The molecule has 0 fully saturated rings. The van der Waals surface area contributed by atoms with Crippen LogP contribution in [0.2, 0.25) is 0 Å². The Balaban J connectivity index is 2.36. The van der Waals surface area contributed by atoms with Gasteiger partial charge in [-0.15, -0.1) is 0 Å². The molecule has 0 saturated heterocycles. The fourth-order valence-corrected chi connectivity index (χ4v) is 2.06. The van der Waals surface area contributed by atoms with Crippen molar-refractivity contribution in [3.8, 4) is 0 Å². The normalized spacial score (nSPS) is 10.4. The van der Waals surface area contributed by atoms with Gasteiger partial charge in [-0.2, -0.15) is 0 Å². The average Bonchev–Trinajstić information content (AvgIpc) is 2.46. The van der Waals surface area contributed by atoms with Crippen LogP contribution in [0.1, 0.15) is 18.2 Å². The van der Waals surface area contributed by atoms with Crippen molar-refractivity contribution >= 4 is 11.5 Å². The lowest BCUT2D eigenvalue weighted by molar-refractivity contribution is 0.570. The summed E-state index contributed by atoms with van der Waals surface area (Å²) in [6.07, 6.45) is 1.63. The summed E-state index contributed by atoms with van der Waals surface area (Å²) in [5.41, 5.74) is 5.88. The van der Waals surface area contributed by atoms with Gasteiger partial charge in [-0.05, 0) is 31.2 Å². The van der Waals surface area contributed by atoms with Crippen molar-refractivity contribution in [2.75, 3.05) is 11.4 Å². The number of nitrogens with one attached hydrogen (secondary N) is 1. The Labute approximate surface area is 121 Å². The molecule has 3 N–H and O–H groups in total. The van der Waals surface area contributed by atoms with Crippen LogP contribution in [0.5, 0.6) is 0 Å². The van der Waals surface area contributed by atoms with Gasteiger partial charge < -0.3 is 10.6 Å². The molecule has 0 unspecified atom stereocenters. The molecule has 0 radical (unpaired) electrons. The third-order valence-electron chi connectivity index (χ3n) is 3.10. The van der Waals surface area contributed by atoms with Gasteiger partial charge in [0.15, 0.2) is 0 Å². The number of hydrogen-bond acceptors (Lipinski definition) is 3. The van der Waals surface area contributed by atoms with Crippen LogP contribution in [-0.4, -0.2) is 17.4 Å². The molecular weight excluding hydrogens is 274 g/mol. The maximum Gasteiger partial charge on any atom is 0.150 e. The molecule has 1 aromatic carbocycles. The molecule has 0 aliphatic rings. The van der Waals surface area contributed by atoms with Crippen molar-refractivity contribution in [3.63, 3.8) is 0 Å². The van der Waals surface area contributed by atoms with Crippen LogP contribution >= 0.6 is 0 Å². The number of hydrogen-bond donors (Lipinski definition) is 2. The highest BCUT2D eigenvalue weighted by atomic mass is 19.1. The van der Waals surface area contributed by atoms with E-state index in [2.05, 4.69) is 4.98 Å². The first-order valence-electron chi connectivity index (χ1n) is 6.51. The van der Waals surface area contributed by atoms with Crippen molar-refractivity contribution in [1.29, 1.82) is 5.41 Å². The van der Waals surface area contributed by atoms with Crippen molar-refractivity contribution in [1.82, 2.24) is 4.98 Å². The van der Waals surface area contributed by atoms with Gasteiger partial charge in [0.2, 0.25) is 0 Å². The molecule has 0 atom stereocenters. The second-order valence-electron chi connectivity index (χ2n) is 4.54. The number of rotatable bonds is 5. The number of aromatic nitrogens is 1. The minimum absolute atomic E-state index is 0.0302. The Bertz CT molecular complexity index is 620. The molecule has 2 rings (SSSR count). The number of nitrogen functional groups attached to an aromatic ring is 1. The third-order valence-corrected chi connectivity index (χ3v) is 3.10. The smallest absolute Gasteiger partial charge is 0.150 e. The number of amidine groups is 1. The zero-order valence-corrected chi connectivity index (χ0v) is 11.6. The molecule has 4 nitrogen and oxygen atoms in total. The molecule has 1 heterocycles. The topological polar surface area (TPSA) is 66.0 Å². The standard InChI is InChI=1S/C15H16F2N4/c1-2-21(9-11-5-3-4-6-20-11)14-12(16)7-10(15(18)19)8-13(14)17/h3-8H,2,9H2,1H3,(H3,18,19). The summed E-state index contributed by atoms with van der Waals surface area (Å²) >= 11 is 0. The summed E-state index contributed by atoms with van der Waals surface area (Å²) in [6, 6.07) is 7.54. The van der Waals surface area contributed by atoms with Gasteiger partial charge in [-0.25, -0.2) is 8.78 Å². The van der Waals surface area contributed by atoms with Gasteiger partial charge >= 0.3 is 0 Å². The van der Waals surface area contributed by atoms with E-state index in [4.69, 9.17) is 11.1 Å². The van der Waals surface area contributed by atoms with E-state index < -0.39 is 11.6 Å². The summed E-state index contributed by atoms with van der Waals surface area (Å²) in [5.74, 6) is -1.84. The van der Waals surface area contributed by atoms with Gasteiger partial charge in [-0.1, -0.05) is 6.07 Å². The largest absolute Gasteiger partial charge is 0.384 e. The summed E-state index contributed by atoms with van der Waals surface area (Å²) < 4.78 is 28.3. The number of anilines is 1. The van der Waals surface area contributed by atoms with Crippen LogP contribution in [0.4, 0.5) is 14.5 Å². The van der Waals surface area contributed by atoms with Crippen LogP contribution in [0.3, 0.4) is 0 Å². The Morgan fingerprint density at radius 3 is 2.43 bits per heavy atom. The van der Waals surface area contributed by atoms with Crippen LogP contribution in [0.15, 0.2) is 36.5 Å². The number of nitrogens with two attached hydrogens (primary N) is 1. The maximum atomic E-state index is 14.2. The maximum absolute atomic E-state index is 14.2. The van der Waals surface area contributed by atoms with Crippen molar-refractivity contribution in [2.45, 2.75) is 13.5 Å². The molecule has 1 aromatic heterocycles. The van der Waals surface area contributed by atoms with Crippen LogP contribution in [0.25, 0.3) is 0 Å². The molecule has 0 spiro atoms. The second kappa shape index (κ2) is 6.30. The molecule has 2 aromatic rings. The SMILES string of the molecule is CCN(Cc1ccccn1)c1c(F)cc(C(=N)N)cc1F. The van der Waals surface area contributed by atoms with Crippen LogP contribution in [0, 0.1) is 17.0 Å². The third kappa shape index (κ3) is 3.34. The number of nitrogens with zero attached hydrogens (tertiary/aromatic N) is 2. The van der Waals surface area contributed by atoms with Crippen LogP contribution in [-0.2, 0) is 6.54 Å². The monoisotopic (exact) mass is 290 g/mol. The molecule has 6 heteroatoms. The van der Waals surface area contributed by atoms with E-state index in [0.29, 0.717) is 18.8 Å². The zero-order valence-electron chi connectivity index (χ0n) is 11.6. The van der Waals surface area contributed by atoms with Gasteiger partial charge in [0.1, 0.15) is 23.2 Å². The minimum atomic E-state index is -0.738. The Morgan fingerprint density at radius 2 is 1.95 bits per heavy atom. The highest BCUT2D eigenvalue weighted by Crippen LogP contribution is 2.26. The zero-order chi connectivity index (χ0) is 15.4. The molecule has 0 saturated carbocycles. The Hall–Kier alpha value is -2.50. The summed E-state index contributed by atoms with van der Waals surface area (Å²) in [6.45, 7) is 2.52. The van der Waals surface area contributed by atoms with Crippen molar-refractivity contribution in [2.24, 2.45) is 5.73 Å². The molecular formula is C15H16F2N4. The first kappa shape index (κ1) is 14.9. The molecule has 0 bridgehead atoms. The van der Waals surface area contributed by atoms with E-state index in [1.807, 2.05) is 6.07 Å². The lowest BCUT2D eigenvalue weighted by atomic mass is 10.1. The summed E-state index contributed by atoms with van der Waals surface area (Å²) in [4.78, 5) is 5.71. The van der Waals surface area contributed by atoms with Gasteiger partial charge in [0.05, 0.1) is 12.2 Å². The highest BCUT2D eigenvalue weighted by molar-refractivity contribution is 5.95. The first-order valence-corrected chi connectivity index (χ1v) is 6.51. The molecule has 0 amide bonds. The van der Waals surface area contributed by atoms with E-state index in [0.717, 1.165) is 12.1 Å². The number of benzene rings is 1. The summed E-state index contributed by atoms with van der Waals surface area (Å²) in [5, 5.41) is 7.25. The van der Waals surface area contributed by atoms with E-state index >= 15 is 0 Å². The molecule has 0 aliphatic carbocycles. The molecule has 110 valence electrons. The lowest BCUT2D eigenvalue weighted by Gasteiger charge is -2.24. The number of halogens is 2.